The summed E-state index contributed by atoms with van der Waals surface area (Å²) in [6, 6.07) is 19.9. The molecule has 1 aliphatic heterocycles. The van der Waals surface area contributed by atoms with Crippen molar-refractivity contribution >= 4 is 27.4 Å². The zero-order chi connectivity index (χ0) is 23.6. The van der Waals surface area contributed by atoms with Crippen molar-refractivity contribution in [3.63, 3.8) is 0 Å². The van der Waals surface area contributed by atoms with E-state index in [1.54, 1.807) is 60.7 Å². The predicted molar refractivity (Wildman–Crippen MR) is 128 cm³/mol. The number of nitrogens with one attached hydrogen (secondary N) is 1. The van der Waals surface area contributed by atoms with Crippen LogP contribution < -0.4 is 5.32 Å². The van der Waals surface area contributed by atoms with Crippen LogP contribution >= 0.6 is 0 Å². The molecule has 1 unspecified atom stereocenters. The van der Waals surface area contributed by atoms with Crippen molar-refractivity contribution in [1.29, 1.82) is 0 Å². The number of carbonyl (C=O) groups excluding carboxylic acids is 2. The van der Waals surface area contributed by atoms with Crippen LogP contribution in [0, 0.1) is 13.8 Å². The van der Waals surface area contributed by atoms with E-state index in [1.165, 1.54) is 4.31 Å². The number of sulfonamides is 1. The van der Waals surface area contributed by atoms with Gasteiger partial charge in [0, 0.05) is 17.7 Å². The van der Waals surface area contributed by atoms with Crippen LogP contribution in [0.4, 0.5) is 5.69 Å². The minimum Gasteiger partial charge on any atom is -0.324 e. The molecule has 1 N–H and O–H groups in total. The first-order chi connectivity index (χ1) is 15.8. The van der Waals surface area contributed by atoms with Crippen LogP contribution in [0.1, 0.15) is 39.9 Å². The molecule has 6 nitrogen and oxygen atoms in total. The first kappa shape index (κ1) is 22.9. The molecular formula is C26H26N2O4S. The van der Waals surface area contributed by atoms with Gasteiger partial charge in [-0.15, -0.1) is 0 Å². The highest BCUT2D eigenvalue weighted by Crippen LogP contribution is 2.28. The van der Waals surface area contributed by atoms with E-state index < -0.39 is 22.0 Å². The van der Waals surface area contributed by atoms with Crippen molar-refractivity contribution in [1.82, 2.24) is 4.31 Å². The van der Waals surface area contributed by atoms with E-state index in [2.05, 4.69) is 5.32 Å². The van der Waals surface area contributed by atoms with E-state index in [0.29, 0.717) is 29.7 Å². The van der Waals surface area contributed by atoms with Gasteiger partial charge in [-0.1, -0.05) is 59.7 Å². The van der Waals surface area contributed by atoms with E-state index in [4.69, 9.17) is 0 Å². The van der Waals surface area contributed by atoms with Crippen molar-refractivity contribution in [2.45, 2.75) is 37.6 Å². The zero-order valence-electron chi connectivity index (χ0n) is 18.6. The van der Waals surface area contributed by atoms with Gasteiger partial charge in [-0.3, -0.25) is 9.59 Å². The molecule has 1 saturated heterocycles. The molecule has 0 radical (unpaired) electrons. The van der Waals surface area contributed by atoms with Crippen LogP contribution in [0.5, 0.6) is 0 Å². The summed E-state index contributed by atoms with van der Waals surface area (Å²) in [7, 11) is -3.81. The SMILES string of the molecule is Cc1ccc(S(=O)(=O)N2CCCC2C(=O)Nc2ccc(C)cc2C(=O)c2ccccc2)cc1. The summed E-state index contributed by atoms with van der Waals surface area (Å²) in [5, 5.41) is 2.83. The Balaban J connectivity index is 1.61. The zero-order valence-corrected chi connectivity index (χ0v) is 19.4. The monoisotopic (exact) mass is 462 g/mol. The van der Waals surface area contributed by atoms with Crippen LogP contribution in [-0.2, 0) is 14.8 Å². The summed E-state index contributed by atoms with van der Waals surface area (Å²) < 4.78 is 27.7. The van der Waals surface area contributed by atoms with Gasteiger partial charge in [0.15, 0.2) is 5.78 Å². The lowest BCUT2D eigenvalue weighted by molar-refractivity contribution is -0.119. The number of anilines is 1. The Morgan fingerprint density at radius 1 is 0.909 bits per heavy atom. The van der Waals surface area contributed by atoms with Gasteiger partial charge in [-0.2, -0.15) is 4.31 Å². The van der Waals surface area contributed by atoms with Crippen molar-refractivity contribution in [2.75, 3.05) is 11.9 Å². The molecule has 1 heterocycles. The maximum atomic E-state index is 13.2. The molecule has 1 amide bonds. The summed E-state index contributed by atoms with van der Waals surface area (Å²) in [5.41, 5.74) is 3.11. The molecule has 0 bridgehead atoms. The lowest BCUT2D eigenvalue weighted by Crippen LogP contribution is -2.43. The smallest absolute Gasteiger partial charge is 0.243 e. The second kappa shape index (κ2) is 9.29. The fourth-order valence-electron chi connectivity index (χ4n) is 4.05. The Morgan fingerprint density at radius 3 is 2.27 bits per heavy atom. The molecular weight excluding hydrogens is 436 g/mol. The summed E-state index contributed by atoms with van der Waals surface area (Å²) in [6.07, 6.45) is 1.01. The Bertz CT molecular complexity index is 1290. The standard InChI is InChI=1S/C26H26N2O4S/c1-18-10-13-21(14-11-18)33(31,32)28-16-6-9-24(28)26(30)27-23-15-12-19(2)17-22(23)25(29)20-7-4-3-5-8-20/h3-5,7-8,10-15,17,24H,6,9,16H2,1-2H3,(H,27,30). The Hall–Kier alpha value is -3.29. The number of carbonyl (C=O) groups is 2. The first-order valence-electron chi connectivity index (χ1n) is 10.9. The van der Waals surface area contributed by atoms with Crippen LogP contribution in [0.25, 0.3) is 0 Å². The number of hydrogen-bond acceptors (Lipinski definition) is 4. The van der Waals surface area contributed by atoms with Gasteiger partial charge in [0.25, 0.3) is 0 Å². The first-order valence-corrected chi connectivity index (χ1v) is 12.3. The molecule has 3 aromatic rings. The second-order valence-electron chi connectivity index (χ2n) is 8.32. The minimum atomic E-state index is -3.81. The molecule has 0 aliphatic carbocycles. The van der Waals surface area contributed by atoms with Gasteiger partial charge in [0.1, 0.15) is 6.04 Å². The highest BCUT2D eigenvalue weighted by molar-refractivity contribution is 7.89. The average molecular weight is 463 g/mol. The van der Waals surface area contributed by atoms with Gasteiger partial charge >= 0.3 is 0 Å². The van der Waals surface area contributed by atoms with E-state index >= 15 is 0 Å². The van der Waals surface area contributed by atoms with E-state index in [-0.39, 0.29) is 17.2 Å². The molecule has 1 atom stereocenters. The molecule has 0 spiro atoms. The normalized spacial score (nSPS) is 16.5. The molecule has 0 saturated carbocycles. The van der Waals surface area contributed by atoms with E-state index in [1.807, 2.05) is 26.0 Å². The molecule has 3 aromatic carbocycles. The molecule has 1 fully saturated rings. The summed E-state index contributed by atoms with van der Waals surface area (Å²) in [6.45, 7) is 4.04. The van der Waals surface area contributed by atoms with E-state index in [0.717, 1.165) is 11.1 Å². The Labute approximate surface area is 194 Å². The summed E-state index contributed by atoms with van der Waals surface area (Å²) in [5.74, 6) is -0.640. The number of nitrogens with zero attached hydrogens (tertiary/aromatic N) is 1. The van der Waals surface area contributed by atoms with Crippen molar-refractivity contribution in [2.24, 2.45) is 0 Å². The van der Waals surface area contributed by atoms with Crippen molar-refractivity contribution < 1.29 is 18.0 Å². The number of rotatable bonds is 6. The number of aryl methyl sites for hydroxylation is 2. The topological polar surface area (TPSA) is 83.6 Å². The van der Waals surface area contributed by atoms with E-state index in [9.17, 15) is 18.0 Å². The van der Waals surface area contributed by atoms with Crippen molar-refractivity contribution in [3.05, 3.63) is 95.1 Å². The lowest BCUT2D eigenvalue weighted by atomic mass is 9.99. The third kappa shape index (κ3) is 4.74. The quantitative estimate of drug-likeness (QED) is 0.553. The molecule has 4 rings (SSSR count). The fraction of sp³-hybridized carbons (Fsp3) is 0.231. The van der Waals surface area contributed by atoms with Crippen LogP contribution in [0.3, 0.4) is 0 Å². The highest BCUT2D eigenvalue weighted by Gasteiger charge is 2.39. The summed E-state index contributed by atoms with van der Waals surface area (Å²) >= 11 is 0. The third-order valence-corrected chi connectivity index (χ3v) is 7.77. The van der Waals surface area contributed by atoms with Gasteiger partial charge in [0.05, 0.1) is 10.6 Å². The minimum absolute atomic E-state index is 0.170. The Morgan fingerprint density at radius 2 is 1.58 bits per heavy atom. The average Bonchev–Trinajstić information content (AvgIpc) is 3.32. The van der Waals surface area contributed by atoms with Crippen molar-refractivity contribution in [3.8, 4) is 0 Å². The van der Waals surface area contributed by atoms with Crippen LogP contribution in [0.2, 0.25) is 0 Å². The largest absolute Gasteiger partial charge is 0.324 e. The molecule has 170 valence electrons. The molecule has 33 heavy (non-hydrogen) atoms. The fourth-order valence-corrected chi connectivity index (χ4v) is 5.71. The highest BCUT2D eigenvalue weighted by atomic mass is 32.2. The molecule has 1 aliphatic rings. The number of hydrogen-bond donors (Lipinski definition) is 1. The van der Waals surface area contributed by atoms with Gasteiger partial charge < -0.3 is 5.32 Å². The number of ketones is 1. The van der Waals surface area contributed by atoms with Gasteiger partial charge in [-0.25, -0.2) is 8.42 Å². The molecule has 0 aromatic heterocycles. The predicted octanol–water partition coefficient (Wildman–Crippen LogP) is 4.33. The second-order valence-corrected chi connectivity index (χ2v) is 10.2. The summed E-state index contributed by atoms with van der Waals surface area (Å²) in [4.78, 5) is 26.5. The van der Waals surface area contributed by atoms with Gasteiger partial charge in [-0.05, 0) is 51.0 Å². The Kier molecular flexibility index (Phi) is 6.44. The van der Waals surface area contributed by atoms with Crippen LogP contribution in [-0.4, -0.2) is 37.0 Å². The number of amides is 1. The maximum absolute atomic E-state index is 13.2. The molecule has 7 heteroatoms. The third-order valence-electron chi connectivity index (χ3n) is 5.85. The van der Waals surface area contributed by atoms with Gasteiger partial charge in [0.2, 0.25) is 15.9 Å². The lowest BCUT2D eigenvalue weighted by Gasteiger charge is -2.24. The maximum Gasteiger partial charge on any atom is 0.243 e. The van der Waals surface area contributed by atoms with Crippen LogP contribution in [0.15, 0.2) is 77.7 Å². The number of benzene rings is 3.